The lowest BCUT2D eigenvalue weighted by atomic mass is 9.85. The summed E-state index contributed by atoms with van der Waals surface area (Å²) in [6.45, 7) is 3.86. The first-order chi connectivity index (χ1) is 5.61. The normalized spacial score (nSPS) is 32.8. The van der Waals surface area contributed by atoms with Gasteiger partial charge in [0, 0.05) is 24.7 Å². The van der Waals surface area contributed by atoms with E-state index in [1.165, 1.54) is 0 Å². The zero-order chi connectivity index (χ0) is 9.14. The topological polar surface area (TPSA) is 34.1 Å². The molecule has 2 nitrogen and oxygen atoms in total. The van der Waals surface area contributed by atoms with Crippen LogP contribution in [0.15, 0.2) is 0 Å². The van der Waals surface area contributed by atoms with Crippen molar-refractivity contribution in [3.05, 3.63) is 0 Å². The predicted molar refractivity (Wildman–Crippen MR) is 46.8 cm³/mol. The molecule has 0 amide bonds. The summed E-state index contributed by atoms with van der Waals surface area (Å²) in [6.07, 6.45) is 2.70. The van der Waals surface area contributed by atoms with Gasteiger partial charge in [-0.25, -0.2) is 0 Å². The molecule has 2 atom stereocenters. The molecule has 0 aromatic heterocycles. The molecule has 1 aliphatic carbocycles. The molecule has 0 bridgehead atoms. The van der Waals surface area contributed by atoms with Gasteiger partial charge in [-0.1, -0.05) is 13.8 Å². The fraction of sp³-hybridized carbons (Fsp3) is 0.800. The average molecular weight is 168 g/mol. The Labute approximate surface area is 73.3 Å². The molecule has 0 heterocycles. The molecule has 0 unspecified atom stereocenters. The Kier molecular flexibility index (Phi) is 3.01. The maximum atomic E-state index is 11.3. The third-order valence-corrected chi connectivity index (χ3v) is 2.65. The van der Waals surface area contributed by atoms with Gasteiger partial charge in [-0.15, -0.1) is 0 Å². The Balaban J connectivity index is 2.60. The summed E-state index contributed by atoms with van der Waals surface area (Å²) < 4.78 is 0. The van der Waals surface area contributed by atoms with E-state index >= 15 is 0 Å². The number of rotatable bonds is 0. The number of carbonyl (C=O) groups is 2. The second-order valence-electron chi connectivity index (χ2n) is 3.82. The third kappa shape index (κ3) is 2.16. The van der Waals surface area contributed by atoms with E-state index in [4.69, 9.17) is 0 Å². The van der Waals surface area contributed by atoms with Crippen LogP contribution < -0.4 is 0 Å². The summed E-state index contributed by atoms with van der Waals surface area (Å²) in [5, 5.41) is 0. The van der Waals surface area contributed by atoms with Crippen molar-refractivity contribution in [3.8, 4) is 0 Å². The quantitative estimate of drug-likeness (QED) is 0.554. The van der Waals surface area contributed by atoms with Crippen molar-refractivity contribution in [2.45, 2.75) is 39.5 Å². The van der Waals surface area contributed by atoms with Gasteiger partial charge in [0.2, 0.25) is 0 Å². The minimum Gasteiger partial charge on any atom is -0.299 e. The lowest BCUT2D eigenvalue weighted by Gasteiger charge is -2.18. The summed E-state index contributed by atoms with van der Waals surface area (Å²) >= 11 is 0. The largest absolute Gasteiger partial charge is 0.299 e. The van der Waals surface area contributed by atoms with E-state index in [1.807, 2.05) is 13.8 Å². The van der Waals surface area contributed by atoms with Crippen molar-refractivity contribution in [3.63, 3.8) is 0 Å². The van der Waals surface area contributed by atoms with Crippen LogP contribution in [-0.2, 0) is 9.59 Å². The summed E-state index contributed by atoms with van der Waals surface area (Å²) in [5.74, 6) is 0.831. The first-order valence-corrected chi connectivity index (χ1v) is 4.66. The van der Waals surface area contributed by atoms with Gasteiger partial charge in [-0.3, -0.25) is 9.59 Å². The van der Waals surface area contributed by atoms with E-state index in [0.29, 0.717) is 24.4 Å². The summed E-state index contributed by atoms with van der Waals surface area (Å²) in [4.78, 5) is 22.6. The molecule has 2 heteroatoms. The fourth-order valence-corrected chi connectivity index (χ4v) is 1.72. The van der Waals surface area contributed by atoms with Gasteiger partial charge in [-0.05, 0) is 12.8 Å². The number of hydrogen-bond donors (Lipinski definition) is 0. The second kappa shape index (κ2) is 3.83. The lowest BCUT2D eigenvalue weighted by Crippen LogP contribution is -2.22. The predicted octanol–water partition coefficient (Wildman–Crippen LogP) is 1.97. The highest BCUT2D eigenvalue weighted by Crippen LogP contribution is 2.21. The first kappa shape index (κ1) is 9.43. The van der Waals surface area contributed by atoms with Crippen molar-refractivity contribution in [2.75, 3.05) is 0 Å². The van der Waals surface area contributed by atoms with Crippen molar-refractivity contribution in [1.29, 1.82) is 0 Å². The minimum atomic E-state index is 0.0873. The summed E-state index contributed by atoms with van der Waals surface area (Å²) in [5.41, 5.74) is 0. The molecule has 1 aliphatic rings. The second-order valence-corrected chi connectivity index (χ2v) is 3.82. The van der Waals surface area contributed by atoms with E-state index in [2.05, 4.69) is 0 Å². The molecule has 0 saturated heterocycles. The van der Waals surface area contributed by atoms with Crippen LogP contribution in [0.25, 0.3) is 0 Å². The highest BCUT2D eigenvalue weighted by Gasteiger charge is 2.23. The van der Waals surface area contributed by atoms with E-state index in [0.717, 1.165) is 12.8 Å². The van der Waals surface area contributed by atoms with Crippen LogP contribution in [0.4, 0.5) is 0 Å². The molecule has 0 aliphatic heterocycles. The molecule has 68 valence electrons. The van der Waals surface area contributed by atoms with Crippen LogP contribution in [0, 0.1) is 11.8 Å². The van der Waals surface area contributed by atoms with Crippen LogP contribution in [0.2, 0.25) is 0 Å². The van der Waals surface area contributed by atoms with Crippen molar-refractivity contribution < 1.29 is 9.59 Å². The molecule has 1 saturated carbocycles. The van der Waals surface area contributed by atoms with Crippen molar-refractivity contribution in [1.82, 2.24) is 0 Å². The molecule has 0 N–H and O–H groups in total. The van der Waals surface area contributed by atoms with E-state index in [-0.39, 0.29) is 11.8 Å². The van der Waals surface area contributed by atoms with Crippen LogP contribution in [-0.4, -0.2) is 11.6 Å². The summed E-state index contributed by atoms with van der Waals surface area (Å²) in [7, 11) is 0. The Hall–Kier alpha value is -0.660. The Morgan fingerprint density at radius 2 is 1.42 bits per heavy atom. The van der Waals surface area contributed by atoms with Gasteiger partial charge in [-0.2, -0.15) is 0 Å². The van der Waals surface area contributed by atoms with Gasteiger partial charge < -0.3 is 0 Å². The number of Topliss-reactive ketones (excluding diaryl/α,β-unsaturated/α-hetero) is 2. The zero-order valence-electron chi connectivity index (χ0n) is 7.80. The number of carbonyl (C=O) groups excluding carboxylic acids is 2. The van der Waals surface area contributed by atoms with Crippen LogP contribution in [0.1, 0.15) is 39.5 Å². The van der Waals surface area contributed by atoms with Gasteiger partial charge in [0.05, 0.1) is 0 Å². The molecule has 1 fully saturated rings. The van der Waals surface area contributed by atoms with Crippen LogP contribution >= 0.6 is 0 Å². The van der Waals surface area contributed by atoms with Gasteiger partial charge in [0.1, 0.15) is 11.6 Å². The molecule has 0 spiro atoms. The fourth-order valence-electron chi connectivity index (χ4n) is 1.72. The summed E-state index contributed by atoms with van der Waals surface area (Å²) in [6, 6.07) is 0. The third-order valence-electron chi connectivity index (χ3n) is 2.65. The molecule has 0 aromatic carbocycles. The van der Waals surface area contributed by atoms with Gasteiger partial charge in [0.15, 0.2) is 0 Å². The monoisotopic (exact) mass is 168 g/mol. The standard InChI is InChI=1S/C10H16O2/c1-7-6-8(2)10(12)5-3-4-9(7)11/h7-8H,3-6H2,1-2H3/t7-,8-/m0/s1. The van der Waals surface area contributed by atoms with Crippen molar-refractivity contribution >= 4 is 11.6 Å². The van der Waals surface area contributed by atoms with Gasteiger partial charge >= 0.3 is 0 Å². The lowest BCUT2D eigenvalue weighted by molar-refractivity contribution is -0.127. The Bertz CT molecular complexity index is 176. The van der Waals surface area contributed by atoms with Crippen molar-refractivity contribution in [2.24, 2.45) is 11.8 Å². The first-order valence-electron chi connectivity index (χ1n) is 4.66. The smallest absolute Gasteiger partial charge is 0.135 e. The number of hydrogen-bond acceptors (Lipinski definition) is 2. The maximum absolute atomic E-state index is 11.3. The van der Waals surface area contributed by atoms with Crippen LogP contribution in [0.5, 0.6) is 0 Å². The van der Waals surface area contributed by atoms with Crippen LogP contribution in [0.3, 0.4) is 0 Å². The molecule has 1 rings (SSSR count). The zero-order valence-corrected chi connectivity index (χ0v) is 7.80. The highest BCUT2D eigenvalue weighted by molar-refractivity contribution is 5.86. The maximum Gasteiger partial charge on any atom is 0.135 e. The minimum absolute atomic E-state index is 0.0873. The molecule has 12 heavy (non-hydrogen) atoms. The Morgan fingerprint density at radius 3 is 1.83 bits per heavy atom. The number of ketones is 2. The SMILES string of the molecule is C[C@H]1C[C@H](C)C(=O)CCCC1=O. The Morgan fingerprint density at radius 1 is 1.00 bits per heavy atom. The molecule has 0 aromatic rings. The molecular weight excluding hydrogens is 152 g/mol. The van der Waals surface area contributed by atoms with Gasteiger partial charge in [0.25, 0.3) is 0 Å². The highest BCUT2D eigenvalue weighted by atomic mass is 16.1. The average Bonchev–Trinajstić information content (AvgIpc) is 2.02. The van der Waals surface area contributed by atoms with E-state index in [9.17, 15) is 9.59 Å². The van der Waals surface area contributed by atoms with E-state index in [1.54, 1.807) is 0 Å². The van der Waals surface area contributed by atoms with E-state index < -0.39 is 0 Å². The molecule has 0 radical (unpaired) electrons. The molecular formula is C10H16O2.